The molecule has 3 aromatic rings. The van der Waals surface area contributed by atoms with Crippen molar-refractivity contribution < 1.29 is 13.2 Å². The smallest absolute Gasteiger partial charge is 0.235 e. The molecule has 3 rings (SSSR count). The SMILES string of the molecule is Cc1ccc2[nH]cc(CCNC(=O)CS(=O)(=O)Cc3ccccc3)c2c1. The van der Waals surface area contributed by atoms with Crippen molar-refractivity contribution in [2.75, 3.05) is 12.3 Å². The number of fused-ring (bicyclic) bond motifs is 1. The number of sulfone groups is 1. The van der Waals surface area contributed by atoms with Gasteiger partial charge < -0.3 is 10.3 Å². The fraction of sp³-hybridized carbons (Fsp3) is 0.250. The van der Waals surface area contributed by atoms with Crippen LogP contribution in [0.5, 0.6) is 0 Å². The first kappa shape index (κ1) is 18.2. The van der Waals surface area contributed by atoms with Crippen molar-refractivity contribution in [3.63, 3.8) is 0 Å². The Kier molecular flexibility index (Phi) is 5.42. The molecule has 0 fully saturated rings. The lowest BCUT2D eigenvalue weighted by molar-refractivity contribution is -0.118. The van der Waals surface area contributed by atoms with E-state index in [1.165, 1.54) is 5.56 Å². The lowest BCUT2D eigenvalue weighted by atomic mass is 10.1. The zero-order chi connectivity index (χ0) is 18.6. The van der Waals surface area contributed by atoms with Crippen LogP contribution >= 0.6 is 0 Å². The molecule has 1 amide bonds. The molecular weight excluding hydrogens is 348 g/mol. The molecule has 0 radical (unpaired) electrons. The summed E-state index contributed by atoms with van der Waals surface area (Å²) in [5, 5.41) is 3.85. The van der Waals surface area contributed by atoms with Crippen molar-refractivity contribution in [3.8, 4) is 0 Å². The highest BCUT2D eigenvalue weighted by atomic mass is 32.2. The van der Waals surface area contributed by atoms with Gasteiger partial charge in [-0.05, 0) is 36.6 Å². The molecule has 0 unspecified atom stereocenters. The lowest BCUT2D eigenvalue weighted by Gasteiger charge is -2.07. The van der Waals surface area contributed by atoms with E-state index in [4.69, 9.17) is 0 Å². The van der Waals surface area contributed by atoms with E-state index < -0.39 is 21.5 Å². The first-order chi connectivity index (χ1) is 12.4. The number of amides is 1. The van der Waals surface area contributed by atoms with Crippen LogP contribution in [0.3, 0.4) is 0 Å². The predicted molar refractivity (Wildman–Crippen MR) is 104 cm³/mol. The van der Waals surface area contributed by atoms with E-state index in [2.05, 4.69) is 16.4 Å². The molecule has 0 saturated carbocycles. The zero-order valence-corrected chi connectivity index (χ0v) is 15.5. The molecule has 0 aliphatic rings. The normalized spacial score (nSPS) is 11.6. The van der Waals surface area contributed by atoms with Crippen LogP contribution in [-0.2, 0) is 26.8 Å². The largest absolute Gasteiger partial charge is 0.361 e. The van der Waals surface area contributed by atoms with Gasteiger partial charge in [-0.3, -0.25) is 4.79 Å². The lowest BCUT2D eigenvalue weighted by Crippen LogP contribution is -2.32. The van der Waals surface area contributed by atoms with Gasteiger partial charge in [-0.15, -0.1) is 0 Å². The monoisotopic (exact) mass is 370 g/mol. The van der Waals surface area contributed by atoms with Gasteiger partial charge in [0, 0.05) is 23.6 Å². The summed E-state index contributed by atoms with van der Waals surface area (Å²) >= 11 is 0. The maximum Gasteiger partial charge on any atom is 0.235 e. The van der Waals surface area contributed by atoms with Crippen molar-refractivity contribution in [2.24, 2.45) is 0 Å². The molecule has 1 heterocycles. The van der Waals surface area contributed by atoms with Gasteiger partial charge >= 0.3 is 0 Å². The Labute approximate surface area is 153 Å². The van der Waals surface area contributed by atoms with Crippen molar-refractivity contribution in [1.29, 1.82) is 0 Å². The number of benzene rings is 2. The van der Waals surface area contributed by atoms with E-state index >= 15 is 0 Å². The molecule has 6 heteroatoms. The van der Waals surface area contributed by atoms with Gasteiger partial charge in [0.15, 0.2) is 9.84 Å². The summed E-state index contributed by atoms with van der Waals surface area (Å²) in [5.41, 5.74) is 4.03. The van der Waals surface area contributed by atoms with Gasteiger partial charge in [-0.2, -0.15) is 0 Å². The summed E-state index contributed by atoms with van der Waals surface area (Å²) in [5.74, 6) is -1.07. The minimum absolute atomic E-state index is 0.122. The first-order valence-corrected chi connectivity index (χ1v) is 10.3. The number of nitrogens with one attached hydrogen (secondary N) is 2. The topological polar surface area (TPSA) is 79.0 Å². The Bertz CT molecular complexity index is 1010. The Hall–Kier alpha value is -2.60. The number of hydrogen-bond donors (Lipinski definition) is 2. The summed E-state index contributed by atoms with van der Waals surface area (Å²) < 4.78 is 24.3. The van der Waals surface area contributed by atoms with Crippen LogP contribution in [0.25, 0.3) is 10.9 Å². The third kappa shape index (κ3) is 4.73. The first-order valence-electron chi connectivity index (χ1n) is 8.51. The summed E-state index contributed by atoms with van der Waals surface area (Å²) in [6.45, 7) is 2.44. The van der Waals surface area contributed by atoms with Crippen molar-refractivity contribution in [2.45, 2.75) is 19.1 Å². The maximum absolute atomic E-state index is 12.1. The molecule has 0 saturated heterocycles. The van der Waals surface area contributed by atoms with E-state index in [0.717, 1.165) is 16.5 Å². The van der Waals surface area contributed by atoms with Crippen LogP contribution in [0.15, 0.2) is 54.7 Å². The van der Waals surface area contributed by atoms with E-state index in [1.54, 1.807) is 24.3 Å². The standard InChI is InChI=1S/C20H22N2O3S/c1-15-7-8-19-18(11-15)17(12-22-19)9-10-21-20(23)14-26(24,25)13-16-5-3-2-4-6-16/h2-8,11-12,22H,9-10,13-14H2,1H3,(H,21,23). The van der Waals surface area contributed by atoms with Crippen LogP contribution < -0.4 is 5.32 Å². The third-order valence-electron chi connectivity index (χ3n) is 4.22. The van der Waals surface area contributed by atoms with Gasteiger partial charge in [0.05, 0.1) is 5.75 Å². The van der Waals surface area contributed by atoms with Gasteiger partial charge in [0.2, 0.25) is 5.91 Å². The van der Waals surface area contributed by atoms with Crippen LogP contribution in [0.1, 0.15) is 16.7 Å². The second-order valence-electron chi connectivity index (χ2n) is 6.48. The van der Waals surface area contributed by atoms with Gasteiger partial charge in [0.25, 0.3) is 0 Å². The van der Waals surface area contributed by atoms with E-state index in [9.17, 15) is 13.2 Å². The third-order valence-corrected chi connectivity index (χ3v) is 5.70. The molecule has 136 valence electrons. The fourth-order valence-corrected chi connectivity index (χ4v) is 4.27. The number of carbonyl (C=O) groups excluding carboxylic acids is 1. The second-order valence-corrected chi connectivity index (χ2v) is 8.55. The molecule has 0 spiro atoms. The minimum atomic E-state index is -3.48. The van der Waals surface area contributed by atoms with Gasteiger partial charge in [-0.1, -0.05) is 42.0 Å². The molecule has 2 N–H and O–H groups in total. The summed E-state index contributed by atoms with van der Waals surface area (Å²) in [4.78, 5) is 15.2. The highest BCUT2D eigenvalue weighted by Crippen LogP contribution is 2.19. The van der Waals surface area contributed by atoms with E-state index in [-0.39, 0.29) is 5.75 Å². The Morgan fingerprint density at radius 1 is 1.12 bits per heavy atom. The van der Waals surface area contributed by atoms with Crippen molar-refractivity contribution in [3.05, 3.63) is 71.4 Å². The minimum Gasteiger partial charge on any atom is -0.361 e. The fourth-order valence-electron chi connectivity index (χ4n) is 2.97. The molecule has 1 aromatic heterocycles. The number of hydrogen-bond acceptors (Lipinski definition) is 3. The van der Waals surface area contributed by atoms with Crippen LogP contribution in [-0.4, -0.2) is 31.6 Å². The van der Waals surface area contributed by atoms with E-state index in [1.807, 2.05) is 31.3 Å². The molecule has 0 aliphatic carbocycles. The number of rotatable bonds is 7. The average molecular weight is 370 g/mol. The van der Waals surface area contributed by atoms with Gasteiger partial charge in [0.1, 0.15) is 5.75 Å². The number of aryl methyl sites for hydroxylation is 1. The highest BCUT2D eigenvalue weighted by molar-refractivity contribution is 7.91. The van der Waals surface area contributed by atoms with Crippen LogP contribution in [0.4, 0.5) is 0 Å². The summed E-state index contributed by atoms with van der Waals surface area (Å²) in [6.07, 6.45) is 2.58. The summed E-state index contributed by atoms with van der Waals surface area (Å²) in [6, 6.07) is 15.1. The molecule has 2 aromatic carbocycles. The number of aromatic amines is 1. The quantitative estimate of drug-likeness (QED) is 0.671. The Balaban J connectivity index is 1.53. The summed E-state index contributed by atoms with van der Waals surface area (Å²) in [7, 11) is -3.48. The van der Waals surface area contributed by atoms with E-state index in [0.29, 0.717) is 18.5 Å². The molecule has 26 heavy (non-hydrogen) atoms. The van der Waals surface area contributed by atoms with Crippen LogP contribution in [0.2, 0.25) is 0 Å². The number of H-pyrrole nitrogens is 1. The Morgan fingerprint density at radius 3 is 2.65 bits per heavy atom. The second kappa shape index (κ2) is 7.74. The van der Waals surface area contributed by atoms with Crippen LogP contribution in [0, 0.1) is 6.92 Å². The van der Waals surface area contributed by atoms with Crippen molar-refractivity contribution >= 4 is 26.6 Å². The predicted octanol–water partition coefficient (Wildman–Crippen LogP) is 2.75. The molecular formula is C20H22N2O3S. The zero-order valence-electron chi connectivity index (χ0n) is 14.7. The molecule has 0 atom stereocenters. The maximum atomic E-state index is 12.1. The number of aromatic nitrogens is 1. The average Bonchev–Trinajstić information content (AvgIpc) is 2.97. The number of carbonyl (C=O) groups is 1. The highest BCUT2D eigenvalue weighted by Gasteiger charge is 2.17. The molecule has 5 nitrogen and oxygen atoms in total. The van der Waals surface area contributed by atoms with Crippen molar-refractivity contribution in [1.82, 2.24) is 10.3 Å². The van der Waals surface area contributed by atoms with Gasteiger partial charge in [-0.25, -0.2) is 8.42 Å². The molecule has 0 aliphatic heterocycles. The molecule has 0 bridgehead atoms. The Morgan fingerprint density at radius 2 is 1.88 bits per heavy atom.